The lowest BCUT2D eigenvalue weighted by atomic mass is 10.1. The highest BCUT2D eigenvalue weighted by Crippen LogP contribution is 2.24. The van der Waals surface area contributed by atoms with E-state index in [2.05, 4.69) is 4.98 Å². The van der Waals surface area contributed by atoms with E-state index >= 15 is 0 Å². The molecule has 0 amide bonds. The van der Waals surface area contributed by atoms with Gasteiger partial charge in [0.15, 0.2) is 5.69 Å². The molecule has 100 valence electrons. The van der Waals surface area contributed by atoms with Crippen molar-refractivity contribution in [3.8, 4) is 11.3 Å². The monoisotopic (exact) mass is 266 g/mol. The minimum absolute atomic E-state index is 0.376. The van der Waals surface area contributed by atoms with E-state index in [1.165, 1.54) is 7.11 Å². The van der Waals surface area contributed by atoms with Crippen LogP contribution in [0.3, 0.4) is 0 Å². The van der Waals surface area contributed by atoms with Crippen molar-refractivity contribution < 1.29 is 9.53 Å². The van der Waals surface area contributed by atoms with Crippen LogP contribution in [0, 0.1) is 6.92 Å². The molecule has 0 saturated carbocycles. The summed E-state index contributed by atoms with van der Waals surface area (Å²) in [6.07, 6.45) is 0. The Morgan fingerprint density at radius 3 is 2.55 bits per heavy atom. The second-order valence-electron chi connectivity index (χ2n) is 4.51. The molecule has 0 bridgehead atoms. The third kappa shape index (κ3) is 1.86. The third-order valence-corrected chi connectivity index (χ3v) is 3.27. The molecule has 4 nitrogen and oxygen atoms in total. The van der Waals surface area contributed by atoms with Gasteiger partial charge in [-0.25, -0.2) is 9.78 Å². The van der Waals surface area contributed by atoms with Crippen LogP contribution in [0.2, 0.25) is 0 Å². The Kier molecular flexibility index (Phi) is 2.99. The minimum Gasteiger partial charge on any atom is -0.464 e. The second-order valence-corrected chi connectivity index (χ2v) is 4.51. The molecule has 0 aliphatic heterocycles. The summed E-state index contributed by atoms with van der Waals surface area (Å²) >= 11 is 0. The van der Waals surface area contributed by atoms with Crippen molar-refractivity contribution in [2.75, 3.05) is 7.11 Å². The molecular weight excluding hydrogens is 252 g/mol. The number of esters is 1. The van der Waals surface area contributed by atoms with E-state index in [9.17, 15) is 4.79 Å². The fraction of sp³-hybridized carbons (Fsp3) is 0.125. The summed E-state index contributed by atoms with van der Waals surface area (Å²) in [5.41, 5.74) is 3.83. The molecule has 2 aromatic heterocycles. The van der Waals surface area contributed by atoms with Crippen molar-refractivity contribution in [1.82, 2.24) is 9.38 Å². The van der Waals surface area contributed by atoms with Gasteiger partial charge in [0.1, 0.15) is 5.65 Å². The molecule has 0 radical (unpaired) electrons. The van der Waals surface area contributed by atoms with Crippen LogP contribution >= 0.6 is 0 Å². The first kappa shape index (κ1) is 12.4. The van der Waals surface area contributed by atoms with E-state index < -0.39 is 0 Å². The molecule has 0 atom stereocenters. The maximum Gasteiger partial charge on any atom is 0.357 e. The predicted molar refractivity (Wildman–Crippen MR) is 76.7 cm³/mol. The molecule has 0 fully saturated rings. The number of benzene rings is 1. The van der Waals surface area contributed by atoms with Crippen LogP contribution in [0.5, 0.6) is 0 Å². The summed E-state index contributed by atoms with van der Waals surface area (Å²) in [4.78, 5) is 16.4. The summed E-state index contributed by atoms with van der Waals surface area (Å²) in [6, 6.07) is 15.7. The van der Waals surface area contributed by atoms with Crippen molar-refractivity contribution in [1.29, 1.82) is 0 Å². The molecule has 1 aromatic carbocycles. The van der Waals surface area contributed by atoms with Crippen LogP contribution in [0.15, 0.2) is 48.5 Å². The van der Waals surface area contributed by atoms with Gasteiger partial charge in [-0.3, -0.25) is 4.40 Å². The van der Waals surface area contributed by atoms with Gasteiger partial charge in [-0.05, 0) is 24.6 Å². The maximum atomic E-state index is 12.0. The van der Waals surface area contributed by atoms with Crippen molar-refractivity contribution in [2.45, 2.75) is 6.92 Å². The molecule has 3 rings (SSSR count). The zero-order chi connectivity index (χ0) is 14.1. The van der Waals surface area contributed by atoms with Crippen LogP contribution in [0.1, 0.15) is 16.2 Å². The number of ether oxygens (including phenoxy) is 1. The van der Waals surface area contributed by atoms with Crippen molar-refractivity contribution >= 4 is 11.6 Å². The molecule has 0 aliphatic rings. The number of fused-ring (bicyclic) bond motifs is 1. The fourth-order valence-electron chi connectivity index (χ4n) is 2.38. The van der Waals surface area contributed by atoms with Crippen LogP contribution in [-0.2, 0) is 4.74 Å². The van der Waals surface area contributed by atoms with Gasteiger partial charge in [-0.1, -0.05) is 36.4 Å². The lowest BCUT2D eigenvalue weighted by Crippen LogP contribution is -2.08. The van der Waals surface area contributed by atoms with E-state index in [1.807, 2.05) is 59.9 Å². The van der Waals surface area contributed by atoms with E-state index in [1.54, 1.807) is 0 Å². The lowest BCUT2D eigenvalue weighted by molar-refractivity contribution is 0.0592. The van der Waals surface area contributed by atoms with Gasteiger partial charge in [-0.2, -0.15) is 0 Å². The van der Waals surface area contributed by atoms with E-state index in [-0.39, 0.29) is 5.97 Å². The van der Waals surface area contributed by atoms with Gasteiger partial charge in [0.25, 0.3) is 0 Å². The molecule has 2 heterocycles. The number of aryl methyl sites for hydroxylation is 1. The highest BCUT2D eigenvalue weighted by Gasteiger charge is 2.19. The molecule has 0 aliphatic carbocycles. The lowest BCUT2D eigenvalue weighted by Gasteiger charge is -2.08. The summed E-state index contributed by atoms with van der Waals surface area (Å²) in [5.74, 6) is -0.376. The van der Waals surface area contributed by atoms with Crippen LogP contribution in [-0.4, -0.2) is 22.5 Å². The first-order valence-electron chi connectivity index (χ1n) is 6.34. The summed E-state index contributed by atoms with van der Waals surface area (Å²) in [6.45, 7) is 1.81. The van der Waals surface area contributed by atoms with Crippen LogP contribution < -0.4 is 0 Å². The number of methoxy groups -OCH3 is 1. The van der Waals surface area contributed by atoms with Gasteiger partial charge >= 0.3 is 5.97 Å². The number of imidazole rings is 1. The van der Waals surface area contributed by atoms with Gasteiger partial charge in [-0.15, -0.1) is 0 Å². The predicted octanol–water partition coefficient (Wildman–Crippen LogP) is 3.10. The molecular formula is C16H14N2O2. The van der Waals surface area contributed by atoms with Gasteiger partial charge in [0.05, 0.1) is 18.5 Å². The number of aromatic nitrogens is 2. The quantitative estimate of drug-likeness (QED) is 0.669. The average molecular weight is 266 g/mol. The molecule has 0 N–H and O–H groups in total. The zero-order valence-electron chi connectivity index (χ0n) is 11.3. The van der Waals surface area contributed by atoms with Gasteiger partial charge < -0.3 is 4.74 Å². The largest absolute Gasteiger partial charge is 0.464 e. The summed E-state index contributed by atoms with van der Waals surface area (Å²) in [7, 11) is 1.38. The molecule has 0 saturated heterocycles. The fourth-order valence-corrected chi connectivity index (χ4v) is 2.38. The molecule has 20 heavy (non-hydrogen) atoms. The average Bonchev–Trinajstić information content (AvgIpc) is 2.83. The second kappa shape index (κ2) is 4.81. The van der Waals surface area contributed by atoms with E-state index in [0.29, 0.717) is 11.4 Å². The molecule has 0 spiro atoms. The SMILES string of the molecule is COC(=O)c1c(C)nc2cccc(-c3ccccc3)n12. The van der Waals surface area contributed by atoms with Crippen LogP contribution in [0.25, 0.3) is 16.9 Å². The van der Waals surface area contributed by atoms with Gasteiger partial charge in [0.2, 0.25) is 0 Å². The summed E-state index contributed by atoms with van der Waals surface area (Å²) in [5, 5.41) is 0. The van der Waals surface area contributed by atoms with Crippen LogP contribution in [0.4, 0.5) is 0 Å². The number of hydrogen-bond acceptors (Lipinski definition) is 3. The summed E-state index contributed by atoms with van der Waals surface area (Å²) < 4.78 is 6.72. The highest BCUT2D eigenvalue weighted by atomic mass is 16.5. The Bertz CT molecular complexity index is 776. The van der Waals surface area contributed by atoms with E-state index in [0.717, 1.165) is 16.9 Å². The van der Waals surface area contributed by atoms with Crippen molar-refractivity contribution in [2.24, 2.45) is 0 Å². The number of carbonyl (C=O) groups excluding carboxylic acids is 1. The number of rotatable bonds is 2. The minimum atomic E-state index is -0.376. The Morgan fingerprint density at radius 2 is 1.85 bits per heavy atom. The topological polar surface area (TPSA) is 43.6 Å². The van der Waals surface area contributed by atoms with E-state index in [4.69, 9.17) is 4.74 Å². The Morgan fingerprint density at radius 1 is 1.10 bits per heavy atom. The molecule has 4 heteroatoms. The number of hydrogen-bond donors (Lipinski definition) is 0. The number of carbonyl (C=O) groups is 1. The first-order chi connectivity index (χ1) is 9.72. The van der Waals surface area contributed by atoms with Gasteiger partial charge in [0, 0.05) is 0 Å². The smallest absolute Gasteiger partial charge is 0.357 e. The Labute approximate surface area is 116 Å². The Hall–Kier alpha value is -2.62. The van der Waals surface area contributed by atoms with Crippen molar-refractivity contribution in [3.63, 3.8) is 0 Å². The normalized spacial score (nSPS) is 10.7. The standard InChI is InChI=1S/C16H14N2O2/c1-11-15(16(19)20-2)18-13(9-6-10-14(18)17-11)12-7-4-3-5-8-12/h3-10H,1-2H3. The maximum absolute atomic E-state index is 12.0. The highest BCUT2D eigenvalue weighted by molar-refractivity contribution is 5.91. The molecule has 3 aromatic rings. The first-order valence-corrected chi connectivity index (χ1v) is 6.34. The third-order valence-electron chi connectivity index (χ3n) is 3.27. The number of nitrogens with zero attached hydrogens (tertiary/aromatic N) is 2. The molecule has 0 unspecified atom stereocenters. The Balaban J connectivity index is 2.36. The number of pyridine rings is 1. The van der Waals surface area contributed by atoms with Crippen molar-refractivity contribution in [3.05, 3.63) is 59.9 Å². The zero-order valence-corrected chi connectivity index (χ0v) is 11.3.